The van der Waals surface area contributed by atoms with Crippen molar-refractivity contribution in [1.29, 1.82) is 0 Å². The molecule has 0 unspecified atom stereocenters. The molecule has 0 aliphatic heterocycles. The molecular weight excluding hydrogens is 328 g/mol. The molecule has 0 saturated carbocycles. The highest BCUT2D eigenvalue weighted by Crippen LogP contribution is 2.23. The molecule has 9 heteroatoms. The molecule has 0 spiro atoms. The predicted octanol–water partition coefficient (Wildman–Crippen LogP) is 2.61. The standard InChI is InChI=1S/C11H10Cl2FN3O2S/c1-2-17-10(15-16-11(17)20(13,18)19)6-7-8(12)4-3-5-9(7)14/h3-5H,2,6H2,1H3. The van der Waals surface area contributed by atoms with Crippen LogP contribution in [0.15, 0.2) is 23.4 Å². The van der Waals surface area contributed by atoms with Crippen molar-refractivity contribution in [3.8, 4) is 0 Å². The summed E-state index contributed by atoms with van der Waals surface area (Å²) in [5.74, 6) is -0.211. The van der Waals surface area contributed by atoms with Gasteiger partial charge in [-0.05, 0) is 19.1 Å². The van der Waals surface area contributed by atoms with Gasteiger partial charge in [-0.15, -0.1) is 10.2 Å². The molecular formula is C11H10Cl2FN3O2S. The van der Waals surface area contributed by atoms with E-state index < -0.39 is 14.9 Å². The fraction of sp³-hybridized carbons (Fsp3) is 0.273. The van der Waals surface area contributed by atoms with Gasteiger partial charge in [0.15, 0.2) is 0 Å². The minimum absolute atomic E-state index is 0.0265. The second kappa shape index (κ2) is 5.67. The molecule has 0 radical (unpaired) electrons. The van der Waals surface area contributed by atoms with Crippen LogP contribution >= 0.6 is 22.3 Å². The van der Waals surface area contributed by atoms with Crippen LogP contribution < -0.4 is 0 Å². The third kappa shape index (κ3) is 2.94. The summed E-state index contributed by atoms with van der Waals surface area (Å²) < 4.78 is 37.7. The number of aromatic nitrogens is 3. The van der Waals surface area contributed by atoms with Crippen molar-refractivity contribution >= 4 is 31.3 Å². The fourth-order valence-electron chi connectivity index (χ4n) is 1.81. The topological polar surface area (TPSA) is 64.8 Å². The number of nitrogens with zero attached hydrogens (tertiary/aromatic N) is 3. The van der Waals surface area contributed by atoms with Crippen LogP contribution in [0.25, 0.3) is 0 Å². The summed E-state index contributed by atoms with van der Waals surface area (Å²) in [4.78, 5) is 0. The lowest BCUT2D eigenvalue weighted by atomic mass is 10.1. The van der Waals surface area contributed by atoms with Gasteiger partial charge in [-0.3, -0.25) is 0 Å². The monoisotopic (exact) mass is 337 g/mol. The van der Waals surface area contributed by atoms with Gasteiger partial charge < -0.3 is 4.57 Å². The Labute approximate surface area is 124 Å². The van der Waals surface area contributed by atoms with Crippen LogP contribution in [-0.4, -0.2) is 23.2 Å². The Morgan fingerprint density at radius 3 is 2.60 bits per heavy atom. The van der Waals surface area contributed by atoms with Crippen molar-refractivity contribution in [2.45, 2.75) is 25.0 Å². The average Bonchev–Trinajstić information content (AvgIpc) is 2.76. The van der Waals surface area contributed by atoms with E-state index in [1.165, 1.54) is 16.7 Å². The minimum atomic E-state index is -4.00. The summed E-state index contributed by atoms with van der Waals surface area (Å²) in [6.45, 7) is 2.00. The van der Waals surface area contributed by atoms with Crippen LogP contribution in [0, 0.1) is 5.82 Å². The van der Waals surface area contributed by atoms with Crippen LogP contribution in [0.1, 0.15) is 18.3 Å². The molecule has 0 N–H and O–H groups in total. The van der Waals surface area contributed by atoms with Gasteiger partial charge in [-0.2, -0.15) is 0 Å². The van der Waals surface area contributed by atoms with E-state index in [1.807, 2.05) is 0 Å². The highest BCUT2D eigenvalue weighted by atomic mass is 35.7. The van der Waals surface area contributed by atoms with Crippen LogP contribution in [0.4, 0.5) is 4.39 Å². The normalized spacial score (nSPS) is 11.8. The van der Waals surface area contributed by atoms with Crippen LogP contribution in [0.3, 0.4) is 0 Å². The number of hydrogen-bond donors (Lipinski definition) is 0. The predicted molar refractivity (Wildman–Crippen MR) is 73.0 cm³/mol. The lowest BCUT2D eigenvalue weighted by Crippen LogP contribution is -2.09. The lowest BCUT2D eigenvalue weighted by Gasteiger charge is -2.07. The molecule has 1 aromatic carbocycles. The molecule has 2 aromatic rings. The summed E-state index contributed by atoms with van der Waals surface area (Å²) in [6.07, 6.45) is 0.0265. The van der Waals surface area contributed by atoms with Gasteiger partial charge in [0, 0.05) is 34.2 Å². The molecule has 0 aliphatic carbocycles. The zero-order chi connectivity index (χ0) is 14.9. The molecule has 0 saturated heterocycles. The minimum Gasteiger partial charge on any atom is -0.301 e. The Morgan fingerprint density at radius 2 is 2.05 bits per heavy atom. The maximum absolute atomic E-state index is 13.7. The van der Waals surface area contributed by atoms with Crippen molar-refractivity contribution < 1.29 is 12.8 Å². The maximum Gasteiger partial charge on any atom is 0.296 e. The van der Waals surface area contributed by atoms with E-state index in [1.54, 1.807) is 13.0 Å². The van der Waals surface area contributed by atoms with E-state index in [4.69, 9.17) is 22.3 Å². The zero-order valence-corrected chi connectivity index (χ0v) is 12.7. The summed E-state index contributed by atoms with van der Waals surface area (Å²) >= 11 is 5.93. The highest BCUT2D eigenvalue weighted by Gasteiger charge is 2.22. The first kappa shape index (κ1) is 15.2. The van der Waals surface area contributed by atoms with E-state index in [0.29, 0.717) is 0 Å². The highest BCUT2D eigenvalue weighted by molar-refractivity contribution is 8.13. The Balaban J connectivity index is 2.48. The van der Waals surface area contributed by atoms with Gasteiger partial charge in [0.2, 0.25) is 0 Å². The summed E-state index contributed by atoms with van der Waals surface area (Å²) in [7, 11) is 1.27. The Bertz CT molecular complexity index is 726. The molecule has 0 bridgehead atoms. The largest absolute Gasteiger partial charge is 0.301 e. The van der Waals surface area contributed by atoms with Gasteiger partial charge >= 0.3 is 0 Å². The van der Waals surface area contributed by atoms with E-state index in [2.05, 4.69) is 10.2 Å². The van der Waals surface area contributed by atoms with Crippen molar-refractivity contribution in [3.05, 3.63) is 40.4 Å². The Kier molecular flexibility index (Phi) is 4.31. The second-order valence-electron chi connectivity index (χ2n) is 3.96. The number of benzene rings is 1. The molecule has 5 nitrogen and oxygen atoms in total. The molecule has 0 fully saturated rings. The third-order valence-corrected chi connectivity index (χ3v) is 4.23. The van der Waals surface area contributed by atoms with Crippen molar-refractivity contribution in [2.24, 2.45) is 0 Å². The van der Waals surface area contributed by atoms with Crippen LogP contribution in [-0.2, 0) is 22.0 Å². The van der Waals surface area contributed by atoms with Crippen molar-refractivity contribution in [1.82, 2.24) is 14.8 Å². The van der Waals surface area contributed by atoms with Gasteiger partial charge in [0.05, 0.1) is 0 Å². The SMILES string of the molecule is CCn1c(Cc2c(F)cccc2Cl)nnc1S(=O)(=O)Cl. The number of halogens is 3. The Hall–Kier alpha value is -1.18. The summed E-state index contributed by atoms with van der Waals surface area (Å²) in [5.41, 5.74) is 0.231. The molecule has 20 heavy (non-hydrogen) atoms. The first-order valence-corrected chi connectivity index (χ1v) is 8.33. The average molecular weight is 338 g/mol. The van der Waals surface area contributed by atoms with Crippen LogP contribution in [0.5, 0.6) is 0 Å². The smallest absolute Gasteiger partial charge is 0.296 e. The molecule has 1 heterocycles. The lowest BCUT2D eigenvalue weighted by molar-refractivity contribution is 0.574. The quantitative estimate of drug-likeness (QED) is 0.804. The number of rotatable bonds is 4. The fourth-order valence-corrected chi connectivity index (χ4v) is 3.02. The maximum atomic E-state index is 13.7. The van der Waals surface area contributed by atoms with E-state index in [0.717, 1.165) is 0 Å². The van der Waals surface area contributed by atoms with Gasteiger partial charge in [0.1, 0.15) is 11.6 Å². The molecule has 2 rings (SSSR count). The molecule has 0 aliphatic rings. The third-order valence-electron chi connectivity index (χ3n) is 2.72. The second-order valence-corrected chi connectivity index (χ2v) is 6.82. The first-order chi connectivity index (χ1) is 9.34. The molecule has 1 aromatic heterocycles. The first-order valence-electron chi connectivity index (χ1n) is 5.64. The number of hydrogen-bond acceptors (Lipinski definition) is 4. The summed E-state index contributed by atoms with van der Waals surface area (Å²) in [6, 6.07) is 4.30. The van der Waals surface area contributed by atoms with E-state index in [9.17, 15) is 12.8 Å². The van der Waals surface area contributed by atoms with Crippen molar-refractivity contribution in [2.75, 3.05) is 0 Å². The van der Waals surface area contributed by atoms with Crippen molar-refractivity contribution in [3.63, 3.8) is 0 Å². The Morgan fingerprint density at radius 1 is 1.35 bits per heavy atom. The molecule has 0 atom stereocenters. The van der Waals surface area contributed by atoms with Gasteiger partial charge in [-0.1, -0.05) is 17.7 Å². The summed E-state index contributed by atoms with van der Waals surface area (Å²) in [5, 5.41) is 7.18. The molecule has 0 amide bonds. The van der Waals surface area contributed by atoms with E-state index in [-0.39, 0.29) is 34.5 Å². The van der Waals surface area contributed by atoms with Gasteiger partial charge in [0.25, 0.3) is 14.2 Å². The van der Waals surface area contributed by atoms with Gasteiger partial charge in [-0.25, -0.2) is 12.8 Å². The molecule has 108 valence electrons. The zero-order valence-electron chi connectivity index (χ0n) is 10.3. The van der Waals surface area contributed by atoms with E-state index >= 15 is 0 Å². The van der Waals surface area contributed by atoms with Crippen LogP contribution in [0.2, 0.25) is 5.02 Å².